The van der Waals surface area contributed by atoms with Gasteiger partial charge in [-0.3, -0.25) is 4.79 Å². The smallest absolute Gasteiger partial charge is 0.306 e. The van der Waals surface area contributed by atoms with E-state index < -0.39 is 24.1 Å². The van der Waals surface area contributed by atoms with E-state index in [1.807, 2.05) is 0 Å². The maximum Gasteiger partial charge on any atom is 0.306 e. The lowest BCUT2D eigenvalue weighted by molar-refractivity contribution is -0.148. The van der Waals surface area contributed by atoms with E-state index in [-0.39, 0.29) is 17.8 Å². The van der Waals surface area contributed by atoms with E-state index in [9.17, 15) is 20.1 Å². The second kappa shape index (κ2) is 5.83. The minimum atomic E-state index is -0.840. The van der Waals surface area contributed by atoms with Crippen molar-refractivity contribution in [3.05, 3.63) is 0 Å². The molecule has 1 fully saturated rings. The van der Waals surface area contributed by atoms with Gasteiger partial charge in [-0.15, -0.1) is 0 Å². The van der Waals surface area contributed by atoms with E-state index in [1.165, 1.54) is 0 Å². The highest BCUT2D eigenvalue weighted by atomic mass is 16.4. The first-order valence-corrected chi connectivity index (χ1v) is 6.45. The van der Waals surface area contributed by atoms with Crippen LogP contribution in [0.3, 0.4) is 0 Å². The van der Waals surface area contributed by atoms with Crippen molar-refractivity contribution in [2.24, 2.45) is 23.7 Å². The number of aliphatic hydroxyl groups is 2. The summed E-state index contributed by atoms with van der Waals surface area (Å²) in [6.45, 7) is 5.12. The molecule has 5 atom stereocenters. The molecular formula is C13H24O4. The summed E-state index contributed by atoms with van der Waals surface area (Å²) in [5.41, 5.74) is 0. The van der Waals surface area contributed by atoms with Crippen LogP contribution in [0.15, 0.2) is 0 Å². The third-order valence-electron chi connectivity index (χ3n) is 4.27. The number of hydrogen-bond acceptors (Lipinski definition) is 3. The fourth-order valence-electron chi connectivity index (χ4n) is 3.32. The van der Waals surface area contributed by atoms with Gasteiger partial charge in [0, 0.05) is 0 Å². The van der Waals surface area contributed by atoms with Crippen molar-refractivity contribution >= 4 is 5.97 Å². The lowest BCUT2D eigenvalue weighted by Gasteiger charge is -2.43. The molecule has 0 amide bonds. The third-order valence-corrected chi connectivity index (χ3v) is 4.27. The van der Waals surface area contributed by atoms with Gasteiger partial charge in [-0.1, -0.05) is 13.3 Å². The molecule has 0 bridgehead atoms. The Labute approximate surface area is 103 Å². The van der Waals surface area contributed by atoms with Crippen molar-refractivity contribution in [1.82, 2.24) is 0 Å². The normalized spacial score (nSPS) is 35.0. The second-order valence-electron chi connectivity index (χ2n) is 5.44. The Bertz CT molecular complexity index is 246. The van der Waals surface area contributed by atoms with Crippen LogP contribution in [0.2, 0.25) is 0 Å². The minimum absolute atomic E-state index is 0.0190. The predicted octanol–water partition coefficient (Wildman–Crippen LogP) is 1.50. The first-order valence-electron chi connectivity index (χ1n) is 6.45. The van der Waals surface area contributed by atoms with Gasteiger partial charge in [0.25, 0.3) is 0 Å². The van der Waals surface area contributed by atoms with Crippen LogP contribution in [0.5, 0.6) is 0 Å². The van der Waals surface area contributed by atoms with E-state index in [2.05, 4.69) is 0 Å². The number of rotatable bonds is 4. The Morgan fingerprint density at radius 1 is 1.06 bits per heavy atom. The molecule has 1 aliphatic rings. The molecule has 0 aromatic rings. The zero-order valence-corrected chi connectivity index (χ0v) is 10.8. The number of carboxylic acid groups (broad SMARTS) is 1. The SMILES string of the molecule is CC(O)C1CCCC(C(C)O)C1C(C)C(=O)O. The zero-order valence-electron chi connectivity index (χ0n) is 10.8. The van der Waals surface area contributed by atoms with Crippen LogP contribution in [0, 0.1) is 23.7 Å². The lowest BCUT2D eigenvalue weighted by atomic mass is 9.63. The summed E-state index contributed by atoms with van der Waals surface area (Å²) in [4.78, 5) is 11.2. The zero-order chi connectivity index (χ0) is 13.2. The van der Waals surface area contributed by atoms with E-state index in [4.69, 9.17) is 0 Å². The lowest BCUT2D eigenvalue weighted by Crippen LogP contribution is -2.44. The van der Waals surface area contributed by atoms with Crippen LogP contribution in [-0.4, -0.2) is 33.5 Å². The molecule has 0 radical (unpaired) electrons. The number of carbonyl (C=O) groups is 1. The topological polar surface area (TPSA) is 77.8 Å². The standard InChI is InChI=1S/C13H24O4/c1-7(13(16)17)12-10(8(2)14)5-4-6-11(12)9(3)15/h7-12,14-15H,4-6H2,1-3H3,(H,16,17). The van der Waals surface area contributed by atoms with Crippen molar-refractivity contribution in [1.29, 1.82) is 0 Å². The Morgan fingerprint density at radius 3 is 1.76 bits per heavy atom. The van der Waals surface area contributed by atoms with Crippen LogP contribution in [0.4, 0.5) is 0 Å². The molecule has 0 heterocycles. The van der Waals surface area contributed by atoms with Crippen LogP contribution < -0.4 is 0 Å². The Morgan fingerprint density at radius 2 is 1.47 bits per heavy atom. The van der Waals surface area contributed by atoms with Gasteiger partial charge in [0.2, 0.25) is 0 Å². The average molecular weight is 244 g/mol. The van der Waals surface area contributed by atoms with Gasteiger partial charge in [0.1, 0.15) is 0 Å². The van der Waals surface area contributed by atoms with E-state index in [0.29, 0.717) is 0 Å². The molecule has 1 aliphatic carbocycles. The minimum Gasteiger partial charge on any atom is -0.481 e. The maximum absolute atomic E-state index is 11.2. The summed E-state index contributed by atoms with van der Waals surface area (Å²) in [5.74, 6) is -1.53. The van der Waals surface area contributed by atoms with Crippen LogP contribution in [-0.2, 0) is 4.79 Å². The molecule has 0 spiro atoms. The molecule has 1 saturated carbocycles. The second-order valence-corrected chi connectivity index (χ2v) is 5.44. The summed E-state index contributed by atoms with van der Waals surface area (Å²) in [7, 11) is 0. The first-order chi connectivity index (χ1) is 7.86. The van der Waals surface area contributed by atoms with E-state index >= 15 is 0 Å². The van der Waals surface area contributed by atoms with Gasteiger partial charge in [0.05, 0.1) is 18.1 Å². The fourth-order valence-corrected chi connectivity index (χ4v) is 3.32. The number of aliphatic hydroxyl groups excluding tert-OH is 2. The monoisotopic (exact) mass is 244 g/mol. The van der Waals surface area contributed by atoms with Crippen molar-refractivity contribution in [3.63, 3.8) is 0 Å². The summed E-state index contributed by atoms with van der Waals surface area (Å²) in [6, 6.07) is 0. The molecule has 5 unspecified atom stereocenters. The van der Waals surface area contributed by atoms with Crippen LogP contribution >= 0.6 is 0 Å². The molecule has 17 heavy (non-hydrogen) atoms. The van der Waals surface area contributed by atoms with Gasteiger partial charge >= 0.3 is 5.97 Å². The first kappa shape index (κ1) is 14.5. The van der Waals surface area contributed by atoms with Gasteiger partial charge in [-0.25, -0.2) is 0 Å². The molecule has 4 heteroatoms. The van der Waals surface area contributed by atoms with Gasteiger partial charge in [-0.2, -0.15) is 0 Å². The highest BCUT2D eigenvalue weighted by molar-refractivity contribution is 5.70. The van der Waals surface area contributed by atoms with E-state index in [1.54, 1.807) is 20.8 Å². The van der Waals surface area contributed by atoms with Crippen LogP contribution in [0.25, 0.3) is 0 Å². The molecule has 4 nitrogen and oxygen atoms in total. The van der Waals surface area contributed by atoms with Crippen molar-refractivity contribution in [2.75, 3.05) is 0 Å². The maximum atomic E-state index is 11.2. The average Bonchev–Trinajstić information content (AvgIpc) is 2.26. The number of hydrogen-bond donors (Lipinski definition) is 3. The molecule has 100 valence electrons. The highest BCUT2D eigenvalue weighted by Gasteiger charge is 2.42. The molecule has 0 aliphatic heterocycles. The summed E-state index contributed by atoms with van der Waals surface area (Å²) in [5, 5.41) is 28.8. The molecule has 1 rings (SSSR count). The van der Waals surface area contributed by atoms with Gasteiger partial charge in [-0.05, 0) is 44.4 Å². The van der Waals surface area contributed by atoms with Crippen molar-refractivity contribution < 1.29 is 20.1 Å². The van der Waals surface area contributed by atoms with Gasteiger partial charge < -0.3 is 15.3 Å². The Hall–Kier alpha value is -0.610. The van der Waals surface area contributed by atoms with Gasteiger partial charge in [0.15, 0.2) is 0 Å². The number of aliphatic carboxylic acids is 1. The molecule has 0 saturated heterocycles. The van der Waals surface area contributed by atoms with Crippen molar-refractivity contribution in [3.8, 4) is 0 Å². The summed E-state index contributed by atoms with van der Waals surface area (Å²) >= 11 is 0. The predicted molar refractivity (Wildman–Crippen MR) is 64.5 cm³/mol. The summed E-state index contributed by atoms with van der Waals surface area (Å²) in [6.07, 6.45) is 1.63. The molecular weight excluding hydrogens is 220 g/mol. The largest absolute Gasteiger partial charge is 0.481 e. The fraction of sp³-hybridized carbons (Fsp3) is 0.923. The Kier molecular flexibility index (Phi) is 4.95. The molecule has 0 aromatic carbocycles. The summed E-state index contributed by atoms with van der Waals surface area (Å²) < 4.78 is 0. The number of carboxylic acids is 1. The van der Waals surface area contributed by atoms with Crippen LogP contribution in [0.1, 0.15) is 40.0 Å². The third kappa shape index (κ3) is 3.19. The van der Waals surface area contributed by atoms with E-state index in [0.717, 1.165) is 19.3 Å². The Balaban J connectivity index is 2.95. The molecule has 0 aromatic heterocycles. The van der Waals surface area contributed by atoms with Crippen molar-refractivity contribution in [2.45, 2.75) is 52.2 Å². The highest BCUT2D eigenvalue weighted by Crippen LogP contribution is 2.42. The quantitative estimate of drug-likeness (QED) is 0.700. The molecule has 3 N–H and O–H groups in total.